The fourth-order valence-electron chi connectivity index (χ4n) is 2.22. The van der Waals surface area contributed by atoms with Crippen LogP contribution in [0.2, 0.25) is 0 Å². The molecule has 2 aliphatic rings. The van der Waals surface area contributed by atoms with E-state index < -0.39 is 0 Å². The minimum Gasteiger partial charge on any atom is -0.289 e. The highest BCUT2D eigenvalue weighted by atomic mass is 32.1. The molecule has 114 valence electrons. The van der Waals surface area contributed by atoms with Gasteiger partial charge in [0.05, 0.1) is 15.9 Å². The van der Waals surface area contributed by atoms with E-state index in [1.165, 1.54) is 0 Å². The standard InChI is InChI=1S/C16H19NOS.C2H6/c1-6-8-13-12(7-2)17-14-9(3)10(4)15(18)11(5)16(14)19-13;1-2/h7-8H,6H2,1-5H3;1-2H3/b12-7+,13-8+;. The summed E-state index contributed by atoms with van der Waals surface area (Å²) >= 11 is 1.68. The molecule has 21 heavy (non-hydrogen) atoms. The van der Waals surface area contributed by atoms with Crippen molar-refractivity contribution in [3.05, 3.63) is 36.8 Å². The normalized spacial score (nSPS) is 12.5. The molecule has 1 aliphatic carbocycles. The maximum absolute atomic E-state index is 12.2. The molecule has 0 aromatic carbocycles. The molecule has 2 rings (SSSR count). The topological polar surface area (TPSA) is 30.0 Å². The number of hydrogen-bond donors (Lipinski definition) is 0. The second-order valence-corrected chi connectivity index (χ2v) is 5.80. The van der Waals surface area contributed by atoms with Crippen LogP contribution in [0.4, 0.5) is 0 Å². The molecule has 0 radical (unpaired) electrons. The van der Waals surface area contributed by atoms with Gasteiger partial charge in [0, 0.05) is 15.7 Å². The van der Waals surface area contributed by atoms with E-state index in [9.17, 15) is 4.79 Å². The van der Waals surface area contributed by atoms with Crippen LogP contribution in [0.3, 0.4) is 0 Å². The third kappa shape index (κ3) is 3.24. The van der Waals surface area contributed by atoms with Crippen LogP contribution in [0.1, 0.15) is 50.8 Å². The lowest BCUT2D eigenvalue weighted by molar-refractivity contribution is 1.16. The van der Waals surface area contributed by atoms with Crippen molar-refractivity contribution in [1.29, 1.82) is 0 Å². The zero-order chi connectivity index (χ0) is 16.2. The Morgan fingerprint density at radius 2 is 1.71 bits per heavy atom. The molecule has 0 saturated heterocycles. The van der Waals surface area contributed by atoms with E-state index in [2.05, 4.69) is 13.0 Å². The molecule has 2 nitrogen and oxygen atoms in total. The lowest BCUT2D eigenvalue weighted by Crippen LogP contribution is -2.28. The minimum atomic E-state index is 0.152. The van der Waals surface area contributed by atoms with Crippen molar-refractivity contribution in [1.82, 2.24) is 4.98 Å². The fourth-order valence-corrected chi connectivity index (χ4v) is 3.50. The van der Waals surface area contributed by atoms with Crippen molar-refractivity contribution in [3.8, 4) is 10.6 Å². The SMILES string of the molecule is C/C=c1/nc2c(C)c(C)c(=O)c(C)c-2s/c1=C/CC.CC. The highest BCUT2D eigenvalue weighted by molar-refractivity contribution is 7.13. The van der Waals surface area contributed by atoms with Crippen molar-refractivity contribution in [2.75, 3.05) is 0 Å². The van der Waals surface area contributed by atoms with E-state index in [1.54, 1.807) is 11.3 Å². The first-order valence-corrected chi connectivity index (χ1v) is 8.40. The Morgan fingerprint density at radius 3 is 2.24 bits per heavy atom. The van der Waals surface area contributed by atoms with Gasteiger partial charge in [0.2, 0.25) is 0 Å². The Bertz CT molecular complexity index is 771. The van der Waals surface area contributed by atoms with Gasteiger partial charge in [-0.15, -0.1) is 11.3 Å². The first-order chi connectivity index (χ1) is 10.0. The number of nitrogens with zero attached hydrogens (tertiary/aromatic N) is 1. The van der Waals surface area contributed by atoms with Crippen LogP contribution in [0.25, 0.3) is 22.7 Å². The lowest BCUT2D eigenvalue weighted by atomic mass is 10.0. The zero-order valence-corrected chi connectivity index (χ0v) is 14.9. The van der Waals surface area contributed by atoms with Crippen LogP contribution in [-0.4, -0.2) is 4.98 Å². The Kier molecular flexibility index (Phi) is 6.28. The largest absolute Gasteiger partial charge is 0.289 e. The second-order valence-electron chi connectivity index (χ2n) is 4.75. The van der Waals surface area contributed by atoms with Crippen LogP contribution in [0.15, 0.2) is 4.79 Å². The number of aromatic nitrogens is 1. The van der Waals surface area contributed by atoms with Gasteiger partial charge >= 0.3 is 0 Å². The summed E-state index contributed by atoms with van der Waals surface area (Å²) in [4.78, 5) is 18.0. The predicted octanol–water partition coefficient (Wildman–Crippen LogP) is 3.55. The first-order valence-electron chi connectivity index (χ1n) is 7.58. The predicted molar refractivity (Wildman–Crippen MR) is 94.7 cm³/mol. The van der Waals surface area contributed by atoms with E-state index in [0.29, 0.717) is 0 Å². The minimum absolute atomic E-state index is 0.152. The summed E-state index contributed by atoms with van der Waals surface area (Å²) in [6.45, 7) is 13.9. The van der Waals surface area contributed by atoms with Crippen LogP contribution in [0, 0.1) is 20.8 Å². The third-order valence-corrected chi connectivity index (χ3v) is 4.81. The van der Waals surface area contributed by atoms with Crippen LogP contribution in [-0.2, 0) is 0 Å². The van der Waals surface area contributed by atoms with E-state index in [1.807, 2.05) is 47.6 Å². The zero-order valence-electron chi connectivity index (χ0n) is 14.1. The molecule has 0 saturated carbocycles. The van der Waals surface area contributed by atoms with Crippen molar-refractivity contribution in [2.24, 2.45) is 0 Å². The molecule has 0 amide bonds. The average molecular weight is 303 g/mol. The summed E-state index contributed by atoms with van der Waals surface area (Å²) in [5.74, 6) is 0. The number of hydrogen-bond acceptors (Lipinski definition) is 3. The molecule has 1 heterocycles. The smallest absolute Gasteiger partial charge is 0.186 e. The van der Waals surface area contributed by atoms with Crippen LogP contribution in [0.5, 0.6) is 0 Å². The first kappa shape index (κ1) is 17.6. The summed E-state index contributed by atoms with van der Waals surface area (Å²) in [6.07, 6.45) is 5.18. The fraction of sp³-hybridized carbons (Fsp3) is 0.444. The average Bonchev–Trinajstić information content (AvgIpc) is 2.52. The Morgan fingerprint density at radius 1 is 1.10 bits per heavy atom. The summed E-state index contributed by atoms with van der Waals surface area (Å²) in [6, 6.07) is 0. The highest BCUT2D eigenvalue weighted by Crippen LogP contribution is 2.27. The molecule has 0 unspecified atom stereocenters. The van der Waals surface area contributed by atoms with Crippen molar-refractivity contribution >= 4 is 23.5 Å². The van der Waals surface area contributed by atoms with Crippen LogP contribution >= 0.6 is 11.3 Å². The molecular formula is C18H25NOS. The summed E-state index contributed by atoms with van der Waals surface area (Å²) < 4.78 is 1.16. The van der Waals surface area contributed by atoms with Gasteiger partial charge in [-0.3, -0.25) is 4.79 Å². The third-order valence-electron chi connectivity index (χ3n) is 3.51. The van der Waals surface area contributed by atoms with Gasteiger partial charge < -0.3 is 0 Å². The van der Waals surface area contributed by atoms with Crippen molar-refractivity contribution < 1.29 is 0 Å². The van der Waals surface area contributed by atoms with E-state index in [0.717, 1.165) is 43.6 Å². The molecule has 0 bridgehead atoms. The van der Waals surface area contributed by atoms with Crippen molar-refractivity contribution in [3.63, 3.8) is 0 Å². The maximum Gasteiger partial charge on any atom is 0.186 e. The lowest BCUT2D eigenvalue weighted by Gasteiger charge is -2.12. The quantitative estimate of drug-likeness (QED) is 0.806. The summed E-state index contributed by atoms with van der Waals surface area (Å²) in [7, 11) is 0. The van der Waals surface area contributed by atoms with Crippen molar-refractivity contribution in [2.45, 2.75) is 54.9 Å². The summed E-state index contributed by atoms with van der Waals surface area (Å²) in [5.41, 5.74) is 3.77. The number of rotatable bonds is 1. The van der Waals surface area contributed by atoms with Gasteiger partial charge in [0.15, 0.2) is 5.43 Å². The van der Waals surface area contributed by atoms with Gasteiger partial charge in [-0.1, -0.05) is 32.9 Å². The monoisotopic (exact) mass is 303 g/mol. The molecule has 1 aliphatic heterocycles. The Hall–Kier alpha value is -1.48. The second kappa shape index (κ2) is 7.51. The summed E-state index contributed by atoms with van der Waals surface area (Å²) in [5, 5.41) is 1.01. The van der Waals surface area contributed by atoms with Gasteiger partial charge in [-0.2, -0.15) is 0 Å². The van der Waals surface area contributed by atoms with Crippen LogP contribution < -0.4 is 15.3 Å². The van der Waals surface area contributed by atoms with Gasteiger partial charge in [-0.05, 0) is 39.7 Å². The van der Waals surface area contributed by atoms with E-state index >= 15 is 0 Å². The molecule has 0 fully saturated rings. The molecular weight excluding hydrogens is 278 g/mol. The molecule has 0 spiro atoms. The van der Waals surface area contributed by atoms with Gasteiger partial charge in [0.25, 0.3) is 0 Å². The van der Waals surface area contributed by atoms with Gasteiger partial charge in [-0.25, -0.2) is 4.98 Å². The Labute approximate surface area is 131 Å². The number of benzene rings is 1. The molecule has 0 atom stereocenters. The molecule has 3 heteroatoms. The van der Waals surface area contributed by atoms with Gasteiger partial charge in [0.1, 0.15) is 0 Å². The molecule has 0 aromatic rings. The maximum atomic E-state index is 12.2. The molecule has 0 N–H and O–H groups in total. The Balaban J connectivity index is 0.00000106. The van der Waals surface area contributed by atoms with E-state index in [-0.39, 0.29) is 5.43 Å². The molecule has 0 aromatic heterocycles. The van der Waals surface area contributed by atoms with E-state index in [4.69, 9.17) is 4.98 Å². The highest BCUT2D eigenvalue weighted by Gasteiger charge is 2.17. The number of fused-ring (bicyclic) bond motifs is 1.